The summed E-state index contributed by atoms with van der Waals surface area (Å²) in [5.41, 5.74) is 2.81. The number of hydrogen-bond donors (Lipinski definition) is 1. The second kappa shape index (κ2) is 9.30. The van der Waals surface area contributed by atoms with Crippen LogP contribution in [0.5, 0.6) is 0 Å². The van der Waals surface area contributed by atoms with E-state index in [0.717, 1.165) is 25.3 Å². The molecule has 1 aromatic carbocycles. The van der Waals surface area contributed by atoms with Gasteiger partial charge >= 0.3 is 0 Å². The molecule has 1 unspecified atom stereocenters. The molecule has 2 aliphatic heterocycles. The number of nitrogens with zero attached hydrogens (tertiary/aromatic N) is 2. The highest BCUT2D eigenvalue weighted by molar-refractivity contribution is 5.33. The molecule has 3 heteroatoms. The molecule has 4 aliphatic rings. The molecule has 0 amide bonds. The summed E-state index contributed by atoms with van der Waals surface area (Å²) in [6, 6.07) is 10.6. The SMILES string of the molecule is OC1(CN2CCC[C@@H]2CN2CCc3ccccc3C2C2CCCCC2)CCCCC1. The van der Waals surface area contributed by atoms with Gasteiger partial charge < -0.3 is 5.11 Å². The van der Waals surface area contributed by atoms with Crippen molar-refractivity contribution in [1.82, 2.24) is 9.80 Å². The molecule has 1 saturated heterocycles. The van der Waals surface area contributed by atoms with Crippen LogP contribution in [-0.4, -0.2) is 52.7 Å². The molecule has 3 nitrogen and oxygen atoms in total. The minimum Gasteiger partial charge on any atom is -0.389 e. The zero-order valence-corrected chi connectivity index (χ0v) is 18.9. The van der Waals surface area contributed by atoms with Crippen LogP contribution in [0.25, 0.3) is 0 Å². The number of β-amino-alcohol motifs (C(OH)–C–C–N with tert-alkyl or cyclic N) is 1. The Morgan fingerprint density at radius 1 is 0.833 bits per heavy atom. The summed E-state index contributed by atoms with van der Waals surface area (Å²) >= 11 is 0. The zero-order valence-electron chi connectivity index (χ0n) is 18.9. The molecular formula is C27H42N2O. The average Bonchev–Trinajstić information content (AvgIpc) is 3.20. The number of aliphatic hydroxyl groups is 1. The average molecular weight is 411 g/mol. The lowest BCUT2D eigenvalue weighted by Crippen LogP contribution is -2.51. The molecule has 2 atom stereocenters. The lowest BCUT2D eigenvalue weighted by molar-refractivity contribution is -0.0340. The van der Waals surface area contributed by atoms with Crippen molar-refractivity contribution in [3.63, 3.8) is 0 Å². The number of hydrogen-bond acceptors (Lipinski definition) is 3. The highest BCUT2D eigenvalue weighted by atomic mass is 16.3. The van der Waals surface area contributed by atoms with E-state index in [1.165, 1.54) is 90.3 Å². The Balaban J connectivity index is 1.32. The van der Waals surface area contributed by atoms with Crippen molar-refractivity contribution < 1.29 is 5.11 Å². The highest BCUT2D eigenvalue weighted by Gasteiger charge is 2.39. The molecule has 0 radical (unpaired) electrons. The molecule has 2 aliphatic carbocycles. The minimum absolute atomic E-state index is 0.419. The molecule has 166 valence electrons. The number of likely N-dealkylation sites (tertiary alicyclic amines) is 1. The number of rotatable bonds is 5. The van der Waals surface area contributed by atoms with E-state index < -0.39 is 5.60 Å². The van der Waals surface area contributed by atoms with Crippen LogP contribution in [-0.2, 0) is 6.42 Å². The molecule has 1 N–H and O–H groups in total. The first-order valence-electron chi connectivity index (χ1n) is 13.0. The Bertz CT molecular complexity index is 692. The van der Waals surface area contributed by atoms with Gasteiger partial charge in [0.2, 0.25) is 0 Å². The van der Waals surface area contributed by atoms with E-state index in [4.69, 9.17) is 0 Å². The van der Waals surface area contributed by atoms with Gasteiger partial charge in [-0.15, -0.1) is 0 Å². The molecule has 0 spiro atoms. The van der Waals surface area contributed by atoms with Crippen LogP contribution < -0.4 is 0 Å². The van der Waals surface area contributed by atoms with Gasteiger partial charge in [0.05, 0.1) is 5.60 Å². The fraction of sp³-hybridized carbons (Fsp3) is 0.778. The summed E-state index contributed by atoms with van der Waals surface area (Å²) in [7, 11) is 0. The maximum Gasteiger partial charge on any atom is 0.0774 e. The molecule has 1 aromatic rings. The molecule has 5 rings (SSSR count). The summed E-state index contributed by atoms with van der Waals surface area (Å²) in [6.45, 7) is 4.51. The van der Waals surface area contributed by atoms with Gasteiger partial charge in [-0.3, -0.25) is 9.80 Å². The van der Waals surface area contributed by atoms with E-state index in [1.54, 1.807) is 11.1 Å². The van der Waals surface area contributed by atoms with Crippen LogP contribution in [0.15, 0.2) is 24.3 Å². The van der Waals surface area contributed by atoms with E-state index >= 15 is 0 Å². The Morgan fingerprint density at radius 3 is 2.43 bits per heavy atom. The summed E-state index contributed by atoms with van der Waals surface area (Å²) in [5.74, 6) is 0.831. The molecule has 3 fully saturated rings. The van der Waals surface area contributed by atoms with Gasteiger partial charge in [0.25, 0.3) is 0 Å². The zero-order chi connectivity index (χ0) is 20.4. The molecule has 2 saturated carbocycles. The fourth-order valence-electron chi connectivity index (χ4n) is 7.18. The quantitative estimate of drug-likeness (QED) is 0.711. The Hall–Kier alpha value is -0.900. The van der Waals surface area contributed by atoms with Crippen LogP contribution in [0.1, 0.15) is 94.2 Å². The summed E-state index contributed by atoms with van der Waals surface area (Å²) in [4.78, 5) is 5.54. The third-order valence-corrected chi connectivity index (χ3v) is 8.76. The summed E-state index contributed by atoms with van der Waals surface area (Å²) in [5, 5.41) is 11.2. The fourth-order valence-corrected chi connectivity index (χ4v) is 7.18. The van der Waals surface area contributed by atoms with Crippen molar-refractivity contribution >= 4 is 0 Å². The van der Waals surface area contributed by atoms with E-state index in [1.807, 2.05) is 0 Å². The first-order chi connectivity index (χ1) is 14.7. The van der Waals surface area contributed by atoms with E-state index in [0.29, 0.717) is 12.1 Å². The van der Waals surface area contributed by atoms with Gasteiger partial charge in [-0.25, -0.2) is 0 Å². The van der Waals surface area contributed by atoms with Crippen molar-refractivity contribution in [2.45, 2.75) is 101 Å². The van der Waals surface area contributed by atoms with Crippen LogP contribution in [0, 0.1) is 5.92 Å². The van der Waals surface area contributed by atoms with Crippen molar-refractivity contribution in [2.75, 3.05) is 26.2 Å². The Kier molecular flexibility index (Phi) is 6.50. The second-order valence-electron chi connectivity index (χ2n) is 10.8. The molecule has 0 aromatic heterocycles. The molecular weight excluding hydrogens is 368 g/mol. The van der Waals surface area contributed by atoms with Crippen LogP contribution >= 0.6 is 0 Å². The lowest BCUT2D eigenvalue weighted by atomic mass is 9.77. The van der Waals surface area contributed by atoms with Crippen molar-refractivity contribution in [3.8, 4) is 0 Å². The molecule has 30 heavy (non-hydrogen) atoms. The molecule has 0 bridgehead atoms. The molecule has 2 heterocycles. The predicted octanol–water partition coefficient (Wildman–Crippen LogP) is 5.33. The maximum atomic E-state index is 11.2. The van der Waals surface area contributed by atoms with Crippen LogP contribution in [0.2, 0.25) is 0 Å². The van der Waals surface area contributed by atoms with Gasteiger partial charge in [-0.2, -0.15) is 0 Å². The van der Waals surface area contributed by atoms with E-state index in [-0.39, 0.29) is 0 Å². The largest absolute Gasteiger partial charge is 0.389 e. The second-order valence-corrected chi connectivity index (χ2v) is 10.8. The Morgan fingerprint density at radius 2 is 1.60 bits per heavy atom. The van der Waals surface area contributed by atoms with Crippen molar-refractivity contribution in [3.05, 3.63) is 35.4 Å². The third-order valence-electron chi connectivity index (χ3n) is 8.76. The standard InChI is InChI=1S/C27H42N2O/c30-27(16-7-2-8-17-27)21-29-18-9-13-24(29)20-28-19-15-22-10-5-6-14-25(22)26(28)23-11-3-1-4-12-23/h5-6,10,14,23-24,26,30H,1-4,7-9,11-13,15-21H2/t24-,26?/m1/s1. The minimum atomic E-state index is -0.419. The van der Waals surface area contributed by atoms with Crippen LogP contribution in [0.3, 0.4) is 0 Å². The third kappa shape index (κ3) is 4.49. The summed E-state index contributed by atoms with van der Waals surface area (Å²) in [6.07, 6.45) is 16.6. The summed E-state index contributed by atoms with van der Waals surface area (Å²) < 4.78 is 0. The smallest absolute Gasteiger partial charge is 0.0774 e. The maximum absolute atomic E-state index is 11.2. The van der Waals surface area contributed by atoms with Gasteiger partial charge in [0.1, 0.15) is 0 Å². The monoisotopic (exact) mass is 410 g/mol. The normalized spacial score (nSPS) is 31.0. The first-order valence-corrected chi connectivity index (χ1v) is 13.0. The predicted molar refractivity (Wildman–Crippen MR) is 124 cm³/mol. The van der Waals surface area contributed by atoms with E-state index in [2.05, 4.69) is 34.1 Å². The number of fused-ring (bicyclic) bond motifs is 1. The van der Waals surface area contributed by atoms with E-state index in [9.17, 15) is 5.11 Å². The Labute approximate surface area is 183 Å². The van der Waals surface area contributed by atoms with Gasteiger partial charge in [0, 0.05) is 31.7 Å². The highest BCUT2D eigenvalue weighted by Crippen LogP contribution is 2.42. The first kappa shape index (κ1) is 21.0. The van der Waals surface area contributed by atoms with Crippen molar-refractivity contribution in [1.29, 1.82) is 0 Å². The van der Waals surface area contributed by atoms with Crippen LogP contribution in [0.4, 0.5) is 0 Å². The topological polar surface area (TPSA) is 26.7 Å². The number of benzene rings is 1. The van der Waals surface area contributed by atoms with Gasteiger partial charge in [-0.05, 0) is 68.5 Å². The lowest BCUT2D eigenvalue weighted by Gasteiger charge is -2.45. The van der Waals surface area contributed by atoms with Gasteiger partial charge in [0.15, 0.2) is 0 Å². The van der Waals surface area contributed by atoms with Gasteiger partial charge in [-0.1, -0.05) is 62.8 Å². The van der Waals surface area contributed by atoms with Crippen molar-refractivity contribution in [2.24, 2.45) is 5.92 Å².